The van der Waals surface area contributed by atoms with Crippen molar-refractivity contribution in [3.63, 3.8) is 0 Å². The number of carbonyl (C=O) groups is 1. The number of nitrogens with zero attached hydrogens (tertiary/aromatic N) is 3. The van der Waals surface area contributed by atoms with Gasteiger partial charge in [0.2, 0.25) is 5.95 Å². The standard InChI is InChI=1S/C25H19FN4O2S/c26-21-7-3-4-17(10-21)13-30-16-27-25(29-30)28-24(31)23-11-18(15-33-23)14-32-22-9-8-19-5-1-2-6-20(19)12-22/h1-12,15-16H,13-14H2,(H,28,29,31). The molecule has 2 heterocycles. The van der Waals surface area contributed by atoms with Crippen LogP contribution in [0.3, 0.4) is 0 Å². The zero-order valence-corrected chi connectivity index (χ0v) is 18.3. The maximum Gasteiger partial charge on any atom is 0.268 e. The van der Waals surface area contributed by atoms with Gasteiger partial charge >= 0.3 is 0 Å². The first kappa shape index (κ1) is 20.8. The molecule has 0 saturated carbocycles. The van der Waals surface area contributed by atoms with Gasteiger partial charge in [-0.15, -0.1) is 16.4 Å². The lowest BCUT2D eigenvalue weighted by atomic mass is 10.1. The van der Waals surface area contributed by atoms with Crippen molar-refractivity contribution in [1.29, 1.82) is 0 Å². The van der Waals surface area contributed by atoms with E-state index in [2.05, 4.69) is 21.5 Å². The van der Waals surface area contributed by atoms with E-state index in [1.165, 1.54) is 29.8 Å². The predicted octanol–water partition coefficient (Wildman–Crippen LogP) is 5.51. The topological polar surface area (TPSA) is 69.0 Å². The zero-order valence-electron chi connectivity index (χ0n) is 17.4. The number of thiophene rings is 1. The van der Waals surface area contributed by atoms with Crippen LogP contribution in [0.4, 0.5) is 10.3 Å². The lowest BCUT2D eigenvalue weighted by molar-refractivity contribution is 0.102. The lowest BCUT2D eigenvalue weighted by Gasteiger charge is -2.06. The molecule has 0 aliphatic carbocycles. The number of anilines is 1. The molecule has 0 fully saturated rings. The largest absolute Gasteiger partial charge is 0.489 e. The highest BCUT2D eigenvalue weighted by Crippen LogP contribution is 2.23. The number of hydrogen-bond acceptors (Lipinski definition) is 5. The Kier molecular flexibility index (Phi) is 5.82. The molecular formula is C25H19FN4O2S. The molecule has 0 atom stereocenters. The summed E-state index contributed by atoms with van der Waals surface area (Å²) < 4.78 is 20.8. The minimum absolute atomic E-state index is 0.193. The normalized spacial score (nSPS) is 10.9. The van der Waals surface area contributed by atoms with Gasteiger partial charge in [-0.05, 0) is 52.0 Å². The van der Waals surface area contributed by atoms with Crippen LogP contribution in [-0.2, 0) is 13.2 Å². The molecule has 5 aromatic rings. The summed E-state index contributed by atoms with van der Waals surface area (Å²) in [6.45, 7) is 0.721. The maximum absolute atomic E-state index is 13.3. The van der Waals surface area contributed by atoms with Gasteiger partial charge in [0.05, 0.1) is 11.4 Å². The van der Waals surface area contributed by atoms with Crippen LogP contribution in [0, 0.1) is 5.82 Å². The summed E-state index contributed by atoms with van der Waals surface area (Å²) in [7, 11) is 0. The third-order valence-corrected chi connectivity index (χ3v) is 5.98. The van der Waals surface area contributed by atoms with Gasteiger partial charge in [0.25, 0.3) is 5.91 Å². The van der Waals surface area contributed by atoms with Gasteiger partial charge in [0, 0.05) is 5.56 Å². The van der Waals surface area contributed by atoms with Gasteiger partial charge in [0.1, 0.15) is 24.5 Å². The van der Waals surface area contributed by atoms with Crippen molar-refractivity contribution in [2.75, 3.05) is 5.32 Å². The zero-order chi connectivity index (χ0) is 22.6. The lowest BCUT2D eigenvalue weighted by Crippen LogP contribution is -2.12. The molecule has 2 aromatic heterocycles. The van der Waals surface area contributed by atoms with Crippen molar-refractivity contribution in [2.45, 2.75) is 13.2 Å². The van der Waals surface area contributed by atoms with E-state index in [9.17, 15) is 9.18 Å². The number of nitrogens with one attached hydrogen (secondary N) is 1. The van der Waals surface area contributed by atoms with E-state index in [4.69, 9.17) is 4.74 Å². The van der Waals surface area contributed by atoms with Crippen molar-refractivity contribution in [1.82, 2.24) is 14.8 Å². The SMILES string of the molecule is O=C(Nc1ncn(Cc2cccc(F)c2)n1)c1cc(COc2ccc3ccccc3c2)cs1. The molecule has 3 aromatic carbocycles. The summed E-state index contributed by atoms with van der Waals surface area (Å²) in [5, 5.41) is 11.1. The molecule has 164 valence electrons. The Labute approximate surface area is 193 Å². The Morgan fingerprint density at radius 1 is 1.00 bits per heavy atom. The van der Waals surface area contributed by atoms with Crippen molar-refractivity contribution >= 4 is 34.0 Å². The Balaban J connectivity index is 1.18. The quantitative estimate of drug-likeness (QED) is 0.349. The van der Waals surface area contributed by atoms with Crippen LogP contribution in [0.2, 0.25) is 0 Å². The molecule has 0 bridgehead atoms. The van der Waals surface area contributed by atoms with Gasteiger partial charge in [0.15, 0.2) is 0 Å². The highest BCUT2D eigenvalue weighted by molar-refractivity contribution is 7.12. The van der Waals surface area contributed by atoms with Crippen molar-refractivity contribution < 1.29 is 13.9 Å². The summed E-state index contributed by atoms with van der Waals surface area (Å²) in [6.07, 6.45) is 1.50. The molecule has 33 heavy (non-hydrogen) atoms. The first-order valence-corrected chi connectivity index (χ1v) is 11.1. The van der Waals surface area contributed by atoms with Crippen molar-refractivity contribution in [2.24, 2.45) is 0 Å². The third-order valence-electron chi connectivity index (χ3n) is 5.00. The molecule has 0 aliphatic heterocycles. The van der Waals surface area contributed by atoms with E-state index < -0.39 is 0 Å². The minimum Gasteiger partial charge on any atom is -0.489 e. The van der Waals surface area contributed by atoms with Crippen LogP contribution in [0.15, 0.2) is 84.5 Å². The van der Waals surface area contributed by atoms with Crippen LogP contribution in [0.5, 0.6) is 5.75 Å². The molecule has 0 saturated heterocycles. The van der Waals surface area contributed by atoms with Gasteiger partial charge in [-0.2, -0.15) is 0 Å². The second-order valence-corrected chi connectivity index (χ2v) is 8.38. The van der Waals surface area contributed by atoms with E-state index in [0.717, 1.165) is 27.6 Å². The molecule has 0 unspecified atom stereocenters. The van der Waals surface area contributed by atoms with Gasteiger partial charge in [-0.1, -0.05) is 42.5 Å². The van der Waals surface area contributed by atoms with E-state index in [1.54, 1.807) is 22.9 Å². The van der Waals surface area contributed by atoms with E-state index in [1.807, 2.05) is 41.8 Å². The van der Waals surface area contributed by atoms with Crippen LogP contribution in [0.1, 0.15) is 20.8 Å². The van der Waals surface area contributed by atoms with E-state index >= 15 is 0 Å². The summed E-state index contributed by atoms with van der Waals surface area (Å²) >= 11 is 1.33. The van der Waals surface area contributed by atoms with Crippen LogP contribution in [0.25, 0.3) is 10.8 Å². The smallest absolute Gasteiger partial charge is 0.268 e. The Hall–Kier alpha value is -4.04. The van der Waals surface area contributed by atoms with Gasteiger partial charge < -0.3 is 4.74 Å². The molecule has 0 radical (unpaired) electrons. The summed E-state index contributed by atoms with van der Waals surface area (Å²) in [6, 6.07) is 22.1. The van der Waals surface area contributed by atoms with Gasteiger partial charge in [-0.3, -0.25) is 10.1 Å². The molecule has 1 N–H and O–H groups in total. The Bertz CT molecular complexity index is 1430. The molecule has 5 rings (SSSR count). The number of benzene rings is 3. The Morgan fingerprint density at radius 2 is 1.88 bits per heavy atom. The number of carbonyl (C=O) groups excluding carboxylic acids is 1. The summed E-state index contributed by atoms with van der Waals surface area (Å²) in [4.78, 5) is 17.2. The average molecular weight is 459 g/mol. The van der Waals surface area contributed by atoms with E-state index in [0.29, 0.717) is 18.0 Å². The fraction of sp³-hybridized carbons (Fsp3) is 0.0800. The highest BCUT2D eigenvalue weighted by Gasteiger charge is 2.13. The second kappa shape index (κ2) is 9.22. The van der Waals surface area contributed by atoms with Crippen LogP contribution < -0.4 is 10.1 Å². The fourth-order valence-electron chi connectivity index (χ4n) is 3.41. The maximum atomic E-state index is 13.3. The monoisotopic (exact) mass is 458 g/mol. The summed E-state index contributed by atoms with van der Waals surface area (Å²) in [5.41, 5.74) is 1.66. The minimum atomic E-state index is -0.306. The molecular weight excluding hydrogens is 439 g/mol. The second-order valence-electron chi connectivity index (χ2n) is 7.47. The average Bonchev–Trinajstić information content (AvgIpc) is 3.47. The molecule has 0 aliphatic rings. The number of rotatable bonds is 7. The van der Waals surface area contributed by atoms with Crippen LogP contribution >= 0.6 is 11.3 Å². The first-order valence-electron chi connectivity index (χ1n) is 10.3. The number of hydrogen-bond donors (Lipinski definition) is 1. The van der Waals surface area contributed by atoms with Crippen molar-refractivity contribution in [3.8, 4) is 5.75 Å². The number of halogens is 1. The van der Waals surface area contributed by atoms with E-state index in [-0.39, 0.29) is 17.7 Å². The number of ether oxygens (including phenoxy) is 1. The van der Waals surface area contributed by atoms with Crippen molar-refractivity contribution in [3.05, 3.63) is 106 Å². The number of amides is 1. The Morgan fingerprint density at radius 3 is 2.76 bits per heavy atom. The number of aromatic nitrogens is 3. The molecule has 6 nitrogen and oxygen atoms in total. The third kappa shape index (κ3) is 5.07. The molecule has 1 amide bonds. The first-order chi connectivity index (χ1) is 16.1. The molecule has 8 heteroatoms. The predicted molar refractivity (Wildman–Crippen MR) is 126 cm³/mol. The van der Waals surface area contributed by atoms with Crippen LogP contribution in [-0.4, -0.2) is 20.7 Å². The fourth-order valence-corrected chi connectivity index (χ4v) is 4.20. The van der Waals surface area contributed by atoms with Gasteiger partial charge in [-0.25, -0.2) is 14.1 Å². The highest BCUT2D eigenvalue weighted by atomic mass is 32.1. The summed E-state index contributed by atoms with van der Waals surface area (Å²) in [5.74, 6) is 0.373. The number of fused-ring (bicyclic) bond motifs is 1. The molecule has 0 spiro atoms.